The van der Waals surface area contributed by atoms with Crippen LogP contribution in [-0.4, -0.2) is 22.2 Å². The first kappa shape index (κ1) is 16.8. The van der Waals surface area contributed by atoms with Crippen LogP contribution in [0.1, 0.15) is 21.7 Å². The van der Waals surface area contributed by atoms with E-state index in [-0.39, 0.29) is 11.5 Å². The minimum Gasteiger partial charge on any atom is -0.478 e. The number of nitrogens with one attached hydrogen (secondary N) is 1. The summed E-state index contributed by atoms with van der Waals surface area (Å²) in [5, 5.41) is 12.2. The fraction of sp³-hybridized carbons (Fsp3) is 0.0556. The number of carbonyl (C=O) groups excluding carboxylic acids is 1. The third kappa shape index (κ3) is 4.07. The predicted molar refractivity (Wildman–Crippen MR) is 96.8 cm³/mol. The summed E-state index contributed by atoms with van der Waals surface area (Å²) in [7, 11) is 0. The molecule has 0 unspecified atom stereocenters. The van der Waals surface area contributed by atoms with Crippen LogP contribution < -0.4 is 5.32 Å². The van der Waals surface area contributed by atoms with Gasteiger partial charge >= 0.3 is 5.97 Å². The highest BCUT2D eigenvalue weighted by Gasteiger charge is 2.23. The van der Waals surface area contributed by atoms with Crippen LogP contribution in [0, 0.1) is 6.92 Å². The number of carbonyl (C=O) groups is 2. The second-order valence-corrected chi connectivity index (χ2v) is 6.22. The molecule has 25 heavy (non-hydrogen) atoms. The van der Waals surface area contributed by atoms with Crippen molar-refractivity contribution >= 4 is 40.6 Å². The molecule has 2 N–H and O–H groups in total. The van der Waals surface area contributed by atoms with Crippen LogP contribution >= 0.6 is 11.8 Å². The van der Waals surface area contributed by atoms with E-state index >= 15 is 0 Å². The van der Waals surface area contributed by atoms with Crippen molar-refractivity contribution in [3.05, 3.63) is 70.5 Å². The van der Waals surface area contributed by atoms with Crippen LogP contribution in [0.5, 0.6) is 0 Å². The summed E-state index contributed by atoms with van der Waals surface area (Å²) in [6.45, 7) is 1.83. The quantitative estimate of drug-likeness (QED) is 0.816. The van der Waals surface area contributed by atoms with Gasteiger partial charge in [0.25, 0.3) is 5.91 Å². The summed E-state index contributed by atoms with van der Waals surface area (Å²) in [5.74, 6) is -0.580. The number of amides is 1. The lowest BCUT2D eigenvalue weighted by molar-refractivity contribution is -0.115. The van der Waals surface area contributed by atoms with Gasteiger partial charge in [0.05, 0.1) is 22.4 Å². The highest BCUT2D eigenvalue weighted by molar-refractivity contribution is 8.18. The average molecular weight is 354 g/mol. The lowest BCUT2D eigenvalue weighted by Crippen LogP contribution is -2.19. The van der Waals surface area contributed by atoms with Gasteiger partial charge in [-0.1, -0.05) is 12.1 Å². The van der Waals surface area contributed by atoms with Crippen molar-refractivity contribution in [2.45, 2.75) is 6.92 Å². The number of aryl methyl sites for hydroxylation is 1. The summed E-state index contributed by atoms with van der Waals surface area (Å²) in [6.07, 6.45) is 6.71. The number of nitrogens with zero attached hydrogens (tertiary/aromatic N) is 1. The average Bonchev–Trinajstić information content (AvgIpc) is 3.20. The molecule has 3 rings (SSSR count). The third-order valence-corrected chi connectivity index (χ3v) is 4.31. The molecule has 0 aliphatic carbocycles. The second kappa shape index (κ2) is 7.23. The molecule has 2 aromatic rings. The van der Waals surface area contributed by atoms with E-state index in [1.807, 2.05) is 13.0 Å². The van der Waals surface area contributed by atoms with Crippen LogP contribution in [0.15, 0.2) is 63.1 Å². The number of thioether (sulfide) groups is 1. The molecule has 0 radical (unpaired) electrons. The number of hydrogen-bond acceptors (Lipinski definition) is 5. The summed E-state index contributed by atoms with van der Waals surface area (Å²) >= 11 is 1.19. The third-order valence-electron chi connectivity index (χ3n) is 3.38. The molecule has 1 aromatic carbocycles. The maximum Gasteiger partial charge on any atom is 0.335 e. The summed E-state index contributed by atoms with van der Waals surface area (Å²) in [5.41, 5.74) is 1.48. The van der Waals surface area contributed by atoms with Crippen molar-refractivity contribution in [1.29, 1.82) is 0 Å². The fourth-order valence-electron chi connectivity index (χ4n) is 2.08. The minimum atomic E-state index is -1.02. The summed E-state index contributed by atoms with van der Waals surface area (Å²) in [4.78, 5) is 27.9. The van der Waals surface area contributed by atoms with Gasteiger partial charge in [-0.3, -0.25) is 4.79 Å². The van der Waals surface area contributed by atoms with E-state index in [4.69, 9.17) is 9.52 Å². The number of hydrogen-bond donors (Lipinski definition) is 2. The number of carboxylic acids is 1. The number of aromatic carboxylic acids is 1. The molecule has 0 saturated carbocycles. The van der Waals surface area contributed by atoms with Gasteiger partial charge in [-0.25, -0.2) is 9.79 Å². The summed E-state index contributed by atoms with van der Waals surface area (Å²) in [6, 6.07) is 8.28. The molecule has 126 valence electrons. The number of amidine groups is 1. The lowest BCUT2D eigenvalue weighted by Gasteiger charge is -2.03. The van der Waals surface area contributed by atoms with E-state index in [1.54, 1.807) is 36.6 Å². The maximum atomic E-state index is 12.0. The van der Waals surface area contributed by atoms with Gasteiger partial charge in [0.2, 0.25) is 0 Å². The molecule has 1 fully saturated rings. The predicted octanol–water partition coefficient (Wildman–Crippen LogP) is 3.73. The van der Waals surface area contributed by atoms with E-state index in [1.165, 1.54) is 23.9 Å². The van der Waals surface area contributed by atoms with Crippen LogP contribution in [0.3, 0.4) is 0 Å². The Bertz CT molecular complexity index is 911. The minimum absolute atomic E-state index is 0.149. The van der Waals surface area contributed by atoms with Gasteiger partial charge in [-0.2, -0.15) is 0 Å². The van der Waals surface area contributed by atoms with Gasteiger partial charge in [0.1, 0.15) is 5.76 Å². The topological polar surface area (TPSA) is 91.9 Å². The Morgan fingerprint density at radius 3 is 2.92 bits per heavy atom. The van der Waals surface area contributed by atoms with Gasteiger partial charge in [0, 0.05) is 0 Å². The maximum absolute atomic E-state index is 12.0. The standard InChI is InChI=1S/C18H14N2O4S/c1-11-7-8-12(17(22)23)10-14(11)19-18-20-16(21)15(25-18)6-2-4-13-5-3-9-24-13/h2-10H,1H3,(H,22,23)(H,19,20,21)/b4-2+,15-6+. The molecule has 0 bridgehead atoms. The fourth-order valence-corrected chi connectivity index (χ4v) is 2.87. The smallest absolute Gasteiger partial charge is 0.335 e. The van der Waals surface area contributed by atoms with E-state index in [9.17, 15) is 9.59 Å². The molecule has 2 heterocycles. The number of carboxylic acid groups (broad SMARTS) is 1. The number of benzene rings is 1. The Kier molecular flexibility index (Phi) is 4.85. The first-order valence-corrected chi connectivity index (χ1v) is 8.18. The van der Waals surface area contributed by atoms with E-state index < -0.39 is 5.97 Å². The Morgan fingerprint density at radius 1 is 1.36 bits per heavy atom. The van der Waals surface area contributed by atoms with Gasteiger partial charge in [-0.05, 0) is 60.7 Å². The zero-order chi connectivity index (χ0) is 17.8. The zero-order valence-electron chi connectivity index (χ0n) is 13.2. The molecule has 1 aliphatic rings. The molecule has 0 spiro atoms. The Labute approximate surface area is 148 Å². The van der Waals surface area contributed by atoms with Crippen LogP contribution in [0.25, 0.3) is 6.08 Å². The van der Waals surface area contributed by atoms with Crippen molar-refractivity contribution in [2.75, 3.05) is 0 Å². The van der Waals surface area contributed by atoms with Crippen molar-refractivity contribution < 1.29 is 19.1 Å². The van der Waals surface area contributed by atoms with E-state index in [0.717, 1.165) is 5.56 Å². The Balaban J connectivity index is 1.79. The number of furan rings is 1. The van der Waals surface area contributed by atoms with Gasteiger partial charge < -0.3 is 14.8 Å². The first-order valence-electron chi connectivity index (χ1n) is 7.36. The highest BCUT2D eigenvalue weighted by Crippen LogP contribution is 2.28. The monoisotopic (exact) mass is 354 g/mol. The largest absolute Gasteiger partial charge is 0.478 e. The molecule has 7 heteroatoms. The van der Waals surface area contributed by atoms with Crippen LogP contribution in [0.4, 0.5) is 5.69 Å². The molecule has 1 saturated heterocycles. The highest BCUT2D eigenvalue weighted by atomic mass is 32.2. The van der Waals surface area contributed by atoms with Crippen molar-refractivity contribution in [1.82, 2.24) is 5.32 Å². The van der Waals surface area contributed by atoms with E-state index in [0.29, 0.717) is 21.5 Å². The first-order chi connectivity index (χ1) is 12.0. The second-order valence-electron chi connectivity index (χ2n) is 5.19. The Hall–Kier alpha value is -3.06. The molecule has 6 nitrogen and oxygen atoms in total. The molecule has 1 amide bonds. The summed E-state index contributed by atoms with van der Waals surface area (Å²) < 4.78 is 5.17. The zero-order valence-corrected chi connectivity index (χ0v) is 14.0. The molecule has 1 aliphatic heterocycles. The molecule has 1 aromatic heterocycles. The molecule has 0 atom stereocenters. The SMILES string of the molecule is Cc1ccc(C(=O)O)cc1N=C1NC(=O)/C(=C\C=C\c2ccco2)S1. The van der Waals surface area contributed by atoms with Crippen molar-refractivity contribution in [3.63, 3.8) is 0 Å². The number of allylic oxidation sites excluding steroid dienone is 2. The van der Waals surface area contributed by atoms with E-state index in [2.05, 4.69) is 10.3 Å². The molecular formula is C18H14N2O4S. The van der Waals surface area contributed by atoms with Crippen LogP contribution in [0.2, 0.25) is 0 Å². The number of rotatable bonds is 4. The van der Waals surface area contributed by atoms with Gasteiger partial charge in [-0.15, -0.1) is 0 Å². The Morgan fingerprint density at radius 2 is 2.20 bits per heavy atom. The normalized spacial score (nSPS) is 17.6. The van der Waals surface area contributed by atoms with Crippen molar-refractivity contribution in [2.24, 2.45) is 4.99 Å². The lowest BCUT2D eigenvalue weighted by atomic mass is 10.1. The van der Waals surface area contributed by atoms with Crippen LogP contribution in [-0.2, 0) is 4.79 Å². The molecular weight excluding hydrogens is 340 g/mol. The number of aliphatic imine (C=N–C) groups is 1. The van der Waals surface area contributed by atoms with Gasteiger partial charge in [0.15, 0.2) is 5.17 Å². The van der Waals surface area contributed by atoms with Crippen molar-refractivity contribution in [3.8, 4) is 0 Å².